The quantitative estimate of drug-likeness (QED) is 0.508. The minimum Gasteiger partial charge on any atom is -0.443 e. The number of hydrogen-bond donors (Lipinski definition) is 1. The van der Waals surface area contributed by atoms with Crippen molar-refractivity contribution in [3.8, 4) is 0 Å². The molecule has 2 fully saturated rings. The van der Waals surface area contributed by atoms with Gasteiger partial charge in [-0.3, -0.25) is 4.90 Å². The molecule has 2 aliphatic rings. The minimum atomic E-state index is -1.36. The highest BCUT2D eigenvalue weighted by atomic mass is 19.1. The maximum atomic E-state index is 13.6. The Hall–Kier alpha value is -3.29. The van der Waals surface area contributed by atoms with Gasteiger partial charge in [0.15, 0.2) is 0 Å². The number of rotatable bonds is 7. The van der Waals surface area contributed by atoms with E-state index in [9.17, 15) is 18.7 Å². The van der Waals surface area contributed by atoms with E-state index in [1.165, 1.54) is 24.3 Å². The van der Waals surface area contributed by atoms with E-state index in [0.717, 1.165) is 18.7 Å². The van der Waals surface area contributed by atoms with Crippen LogP contribution in [0, 0.1) is 17.6 Å². The molecule has 1 amide bonds. The van der Waals surface area contributed by atoms with Crippen LogP contribution in [0.25, 0.3) is 0 Å². The molecule has 0 aliphatic carbocycles. The molecule has 2 heterocycles. The molecule has 1 N–H and O–H groups in total. The van der Waals surface area contributed by atoms with Crippen molar-refractivity contribution in [3.05, 3.63) is 107 Å². The summed E-state index contributed by atoms with van der Waals surface area (Å²) in [4.78, 5) is 16.4. The highest BCUT2D eigenvalue weighted by Gasteiger charge is 2.42. The molecule has 188 valence electrons. The van der Waals surface area contributed by atoms with E-state index in [-0.39, 0.29) is 29.7 Å². The van der Waals surface area contributed by atoms with E-state index in [1.807, 2.05) is 30.3 Å². The van der Waals surface area contributed by atoms with Crippen molar-refractivity contribution in [2.45, 2.75) is 31.1 Å². The molecule has 1 atom stereocenters. The average molecular weight is 493 g/mol. The van der Waals surface area contributed by atoms with Gasteiger partial charge in [0, 0.05) is 13.1 Å². The molecule has 0 radical (unpaired) electrons. The van der Waals surface area contributed by atoms with Crippen molar-refractivity contribution in [1.29, 1.82) is 0 Å². The Labute approximate surface area is 209 Å². The van der Waals surface area contributed by atoms with Crippen LogP contribution in [0.5, 0.6) is 0 Å². The molecule has 36 heavy (non-hydrogen) atoms. The molecule has 3 aromatic rings. The van der Waals surface area contributed by atoms with Gasteiger partial charge in [-0.05, 0) is 72.8 Å². The standard InChI is InChI=1S/C29H30F2N2O3/c30-25-10-6-22(7-11-25)29(35,23-8-12-26(31)13-9-23)24-14-16-32(17-15-24)19-27-20-33(28(34)36-27)18-21-4-2-1-3-5-21/h1-13,24,27,35H,14-20H2. The van der Waals surface area contributed by atoms with E-state index in [0.29, 0.717) is 43.6 Å². The maximum absolute atomic E-state index is 13.6. The number of aliphatic hydroxyl groups is 1. The third-order valence-electron chi connectivity index (χ3n) is 7.37. The first-order valence-electron chi connectivity index (χ1n) is 12.4. The fraction of sp³-hybridized carbons (Fsp3) is 0.345. The first-order chi connectivity index (χ1) is 17.4. The number of hydrogen-bond acceptors (Lipinski definition) is 4. The van der Waals surface area contributed by atoms with E-state index in [4.69, 9.17) is 4.74 Å². The highest BCUT2D eigenvalue weighted by Crippen LogP contribution is 2.42. The molecule has 5 nitrogen and oxygen atoms in total. The molecule has 2 saturated heterocycles. The Kier molecular flexibility index (Phi) is 7.03. The Morgan fingerprint density at radius 1 is 0.861 bits per heavy atom. The number of piperidine rings is 1. The van der Waals surface area contributed by atoms with E-state index < -0.39 is 5.60 Å². The van der Waals surface area contributed by atoms with Crippen LogP contribution in [0.3, 0.4) is 0 Å². The number of cyclic esters (lactones) is 1. The summed E-state index contributed by atoms with van der Waals surface area (Å²) in [5, 5.41) is 12.0. The number of halogens is 2. The monoisotopic (exact) mass is 492 g/mol. The molecule has 3 aromatic carbocycles. The lowest BCUT2D eigenvalue weighted by atomic mass is 9.72. The van der Waals surface area contributed by atoms with Crippen molar-refractivity contribution in [1.82, 2.24) is 9.80 Å². The van der Waals surface area contributed by atoms with Crippen molar-refractivity contribution in [2.75, 3.05) is 26.2 Å². The maximum Gasteiger partial charge on any atom is 0.410 e. The summed E-state index contributed by atoms with van der Waals surface area (Å²) in [5.74, 6) is -0.879. The molecule has 5 rings (SSSR count). The zero-order valence-corrected chi connectivity index (χ0v) is 20.0. The largest absolute Gasteiger partial charge is 0.443 e. The summed E-state index contributed by atoms with van der Waals surface area (Å²) in [7, 11) is 0. The molecule has 0 saturated carbocycles. The van der Waals surface area contributed by atoms with E-state index in [1.54, 1.807) is 29.2 Å². The van der Waals surface area contributed by atoms with Crippen LogP contribution in [0.2, 0.25) is 0 Å². The van der Waals surface area contributed by atoms with Crippen LogP contribution in [0.4, 0.5) is 13.6 Å². The predicted octanol–water partition coefficient (Wildman–Crippen LogP) is 4.93. The number of amides is 1. The topological polar surface area (TPSA) is 53.0 Å². The lowest BCUT2D eigenvalue weighted by molar-refractivity contribution is -0.0185. The van der Waals surface area contributed by atoms with Crippen LogP contribution in [0.15, 0.2) is 78.9 Å². The van der Waals surface area contributed by atoms with Crippen molar-refractivity contribution >= 4 is 6.09 Å². The lowest BCUT2D eigenvalue weighted by Crippen LogP contribution is -2.46. The summed E-state index contributed by atoms with van der Waals surface area (Å²) in [6.07, 6.45) is 0.894. The Morgan fingerprint density at radius 2 is 1.42 bits per heavy atom. The Balaban J connectivity index is 1.24. The molecule has 0 spiro atoms. The van der Waals surface area contributed by atoms with Gasteiger partial charge in [0.1, 0.15) is 23.3 Å². The Bertz CT molecular complexity index is 1120. The smallest absolute Gasteiger partial charge is 0.410 e. The molecule has 7 heteroatoms. The van der Waals surface area contributed by atoms with Gasteiger partial charge in [-0.25, -0.2) is 13.6 Å². The number of carbonyl (C=O) groups is 1. The van der Waals surface area contributed by atoms with Crippen LogP contribution in [-0.4, -0.2) is 53.3 Å². The van der Waals surface area contributed by atoms with Crippen LogP contribution in [0.1, 0.15) is 29.5 Å². The number of benzene rings is 3. The minimum absolute atomic E-state index is 0.134. The second-order valence-electron chi connectivity index (χ2n) is 9.73. The fourth-order valence-corrected chi connectivity index (χ4v) is 5.47. The second kappa shape index (κ2) is 10.4. The van der Waals surface area contributed by atoms with Gasteiger partial charge >= 0.3 is 6.09 Å². The van der Waals surface area contributed by atoms with Gasteiger partial charge in [-0.15, -0.1) is 0 Å². The van der Waals surface area contributed by atoms with E-state index in [2.05, 4.69) is 4.90 Å². The molecular formula is C29H30F2N2O3. The van der Waals surface area contributed by atoms with E-state index >= 15 is 0 Å². The van der Waals surface area contributed by atoms with Gasteiger partial charge < -0.3 is 14.7 Å². The van der Waals surface area contributed by atoms with Crippen molar-refractivity contribution < 1.29 is 23.4 Å². The number of likely N-dealkylation sites (tertiary alicyclic amines) is 1. The number of carbonyl (C=O) groups excluding carboxylic acids is 1. The molecular weight excluding hydrogens is 462 g/mol. The molecule has 1 unspecified atom stereocenters. The van der Waals surface area contributed by atoms with Crippen molar-refractivity contribution in [3.63, 3.8) is 0 Å². The summed E-state index contributed by atoms with van der Waals surface area (Å²) in [6, 6.07) is 21.6. The number of ether oxygens (including phenoxy) is 1. The molecule has 0 aromatic heterocycles. The number of nitrogens with zero attached hydrogens (tertiary/aromatic N) is 2. The summed E-state index contributed by atoms with van der Waals surface area (Å²) in [5.41, 5.74) is 0.891. The highest BCUT2D eigenvalue weighted by molar-refractivity contribution is 5.70. The predicted molar refractivity (Wildman–Crippen MR) is 132 cm³/mol. The van der Waals surface area contributed by atoms with Gasteiger partial charge in [0.25, 0.3) is 0 Å². The van der Waals surface area contributed by atoms with Crippen molar-refractivity contribution in [2.24, 2.45) is 5.92 Å². The van der Waals surface area contributed by atoms with Gasteiger partial charge in [0.2, 0.25) is 0 Å². The third kappa shape index (κ3) is 5.13. The van der Waals surface area contributed by atoms with Crippen LogP contribution in [-0.2, 0) is 16.9 Å². The first-order valence-corrected chi connectivity index (χ1v) is 12.4. The van der Waals surface area contributed by atoms with Crippen LogP contribution >= 0.6 is 0 Å². The lowest BCUT2D eigenvalue weighted by Gasteiger charge is -2.42. The van der Waals surface area contributed by atoms with Gasteiger partial charge in [0.05, 0.1) is 6.54 Å². The summed E-state index contributed by atoms with van der Waals surface area (Å²) in [6.45, 7) is 3.16. The average Bonchev–Trinajstić information content (AvgIpc) is 3.23. The fourth-order valence-electron chi connectivity index (χ4n) is 5.47. The van der Waals surface area contributed by atoms with Gasteiger partial charge in [-0.2, -0.15) is 0 Å². The summed E-state index contributed by atoms with van der Waals surface area (Å²) < 4.78 is 32.9. The third-order valence-corrected chi connectivity index (χ3v) is 7.37. The van der Waals surface area contributed by atoms with Crippen LogP contribution < -0.4 is 0 Å². The molecule has 2 aliphatic heterocycles. The van der Waals surface area contributed by atoms with Gasteiger partial charge in [-0.1, -0.05) is 54.6 Å². The molecule has 0 bridgehead atoms. The summed E-state index contributed by atoms with van der Waals surface area (Å²) >= 11 is 0. The first kappa shape index (κ1) is 24.4. The zero-order chi connectivity index (χ0) is 25.1. The Morgan fingerprint density at radius 3 is 1.97 bits per heavy atom. The second-order valence-corrected chi connectivity index (χ2v) is 9.73. The normalized spacial score (nSPS) is 19.5. The SMILES string of the molecule is O=C1OC(CN2CCC(C(O)(c3ccc(F)cc3)c3ccc(F)cc3)CC2)CN1Cc1ccccc1. The zero-order valence-electron chi connectivity index (χ0n) is 20.0.